The number of nitrogens with zero attached hydrogens (tertiary/aromatic N) is 1. The summed E-state index contributed by atoms with van der Waals surface area (Å²) in [6.07, 6.45) is 7.72. The van der Waals surface area contributed by atoms with Gasteiger partial charge < -0.3 is 10.6 Å². The molecule has 96 valence electrons. The van der Waals surface area contributed by atoms with E-state index in [0.717, 1.165) is 19.0 Å². The molecular weight excluding hydrogens is 196 g/mol. The molecule has 2 heteroatoms. The van der Waals surface area contributed by atoms with Crippen LogP contribution in [0.4, 0.5) is 0 Å². The molecule has 2 N–H and O–H groups in total. The molecule has 1 aliphatic rings. The van der Waals surface area contributed by atoms with Crippen LogP contribution in [0, 0.1) is 5.92 Å². The average molecular weight is 226 g/mol. The fourth-order valence-corrected chi connectivity index (χ4v) is 3.02. The van der Waals surface area contributed by atoms with E-state index in [1.54, 1.807) is 0 Å². The monoisotopic (exact) mass is 226 g/mol. The molecule has 1 aliphatic carbocycles. The Labute approximate surface area is 102 Å². The molecule has 0 radical (unpaired) electrons. The van der Waals surface area contributed by atoms with Crippen LogP contribution in [0.15, 0.2) is 0 Å². The molecule has 16 heavy (non-hydrogen) atoms. The van der Waals surface area contributed by atoms with E-state index in [1.165, 1.54) is 45.1 Å². The predicted molar refractivity (Wildman–Crippen MR) is 71.6 cm³/mol. The maximum Gasteiger partial charge on any atom is 0.0285 e. The van der Waals surface area contributed by atoms with Crippen LogP contribution in [-0.4, -0.2) is 30.1 Å². The minimum atomic E-state index is 0.0986. The lowest BCUT2D eigenvalue weighted by Crippen LogP contribution is -2.52. The first kappa shape index (κ1) is 14.0. The van der Waals surface area contributed by atoms with Gasteiger partial charge in [0.2, 0.25) is 0 Å². The Balaban J connectivity index is 2.42. The molecule has 0 saturated heterocycles. The van der Waals surface area contributed by atoms with E-state index in [-0.39, 0.29) is 5.54 Å². The lowest BCUT2D eigenvalue weighted by atomic mass is 9.77. The van der Waals surface area contributed by atoms with E-state index in [4.69, 9.17) is 5.73 Å². The van der Waals surface area contributed by atoms with E-state index in [2.05, 4.69) is 25.7 Å². The van der Waals surface area contributed by atoms with Crippen LogP contribution in [0.1, 0.15) is 59.3 Å². The highest BCUT2D eigenvalue weighted by atomic mass is 15.1. The summed E-state index contributed by atoms with van der Waals surface area (Å²) in [6.45, 7) is 10.3. The van der Waals surface area contributed by atoms with Crippen LogP contribution >= 0.6 is 0 Å². The summed E-state index contributed by atoms with van der Waals surface area (Å²) in [6, 6.07) is 0. The van der Waals surface area contributed by atoms with Crippen molar-refractivity contribution in [1.82, 2.24) is 4.90 Å². The molecule has 2 unspecified atom stereocenters. The second kappa shape index (κ2) is 6.61. The molecule has 0 spiro atoms. The maximum absolute atomic E-state index is 6.56. The van der Waals surface area contributed by atoms with Crippen LogP contribution in [0.2, 0.25) is 0 Å². The first-order valence-electron chi connectivity index (χ1n) is 7.11. The second-order valence-corrected chi connectivity index (χ2v) is 5.79. The predicted octanol–water partition coefficient (Wildman–Crippen LogP) is 3.02. The van der Waals surface area contributed by atoms with Crippen LogP contribution in [0.5, 0.6) is 0 Å². The van der Waals surface area contributed by atoms with E-state index in [0.29, 0.717) is 0 Å². The summed E-state index contributed by atoms with van der Waals surface area (Å²) in [5, 5.41) is 0. The number of unbranched alkanes of at least 4 members (excludes halogenated alkanes) is 1. The van der Waals surface area contributed by atoms with E-state index < -0.39 is 0 Å². The van der Waals surface area contributed by atoms with Crippen molar-refractivity contribution in [3.8, 4) is 0 Å². The van der Waals surface area contributed by atoms with Gasteiger partial charge in [0.05, 0.1) is 0 Å². The van der Waals surface area contributed by atoms with Crippen molar-refractivity contribution in [2.24, 2.45) is 11.7 Å². The molecule has 0 heterocycles. The number of hydrogen-bond donors (Lipinski definition) is 1. The molecule has 0 aromatic rings. The number of hydrogen-bond acceptors (Lipinski definition) is 2. The molecule has 2 atom stereocenters. The summed E-state index contributed by atoms with van der Waals surface area (Å²) in [7, 11) is 0. The zero-order valence-electron chi connectivity index (χ0n) is 11.5. The lowest BCUT2D eigenvalue weighted by molar-refractivity contribution is 0.153. The number of rotatable bonds is 6. The first-order valence-corrected chi connectivity index (χ1v) is 7.11. The van der Waals surface area contributed by atoms with E-state index >= 15 is 0 Å². The molecule has 0 aromatic heterocycles. The fourth-order valence-electron chi connectivity index (χ4n) is 3.02. The summed E-state index contributed by atoms with van der Waals surface area (Å²) in [5.41, 5.74) is 6.65. The first-order chi connectivity index (χ1) is 7.59. The number of nitrogens with two attached hydrogens (primary N) is 1. The van der Waals surface area contributed by atoms with Gasteiger partial charge in [-0.25, -0.2) is 0 Å². The minimum Gasteiger partial charge on any atom is -0.324 e. The van der Waals surface area contributed by atoms with Crippen molar-refractivity contribution < 1.29 is 0 Å². The van der Waals surface area contributed by atoms with Gasteiger partial charge in [0.25, 0.3) is 0 Å². The Morgan fingerprint density at radius 2 is 2.12 bits per heavy atom. The highest BCUT2D eigenvalue weighted by Crippen LogP contribution is 2.31. The van der Waals surface area contributed by atoms with Crippen molar-refractivity contribution in [3.63, 3.8) is 0 Å². The standard InChI is InChI=1S/C14H30N2/c1-4-6-10-16(5-2)12-14(15)9-7-8-13(3)11-14/h13H,4-12,15H2,1-3H3. The second-order valence-electron chi connectivity index (χ2n) is 5.79. The molecule has 1 fully saturated rings. The third kappa shape index (κ3) is 4.42. The maximum atomic E-state index is 6.56. The zero-order valence-corrected chi connectivity index (χ0v) is 11.5. The molecule has 1 saturated carbocycles. The van der Waals surface area contributed by atoms with Gasteiger partial charge in [-0.3, -0.25) is 0 Å². The summed E-state index contributed by atoms with van der Waals surface area (Å²) >= 11 is 0. The topological polar surface area (TPSA) is 29.3 Å². The van der Waals surface area contributed by atoms with Crippen molar-refractivity contribution in [2.75, 3.05) is 19.6 Å². The summed E-state index contributed by atoms with van der Waals surface area (Å²) in [5.74, 6) is 0.823. The molecule has 0 bridgehead atoms. The Kier molecular flexibility index (Phi) is 5.77. The molecule has 0 aromatic carbocycles. The SMILES string of the molecule is CCCCN(CC)CC1(N)CCCC(C)C1. The van der Waals surface area contributed by atoms with Crippen LogP contribution in [0.25, 0.3) is 0 Å². The van der Waals surface area contributed by atoms with Gasteiger partial charge in [0.1, 0.15) is 0 Å². The third-order valence-corrected chi connectivity index (χ3v) is 3.94. The van der Waals surface area contributed by atoms with Gasteiger partial charge in [0.15, 0.2) is 0 Å². The van der Waals surface area contributed by atoms with E-state index in [1.807, 2.05) is 0 Å². The van der Waals surface area contributed by atoms with Gasteiger partial charge >= 0.3 is 0 Å². The fraction of sp³-hybridized carbons (Fsp3) is 1.00. The molecular formula is C14H30N2. The third-order valence-electron chi connectivity index (χ3n) is 3.94. The lowest BCUT2D eigenvalue weighted by Gasteiger charge is -2.40. The van der Waals surface area contributed by atoms with Crippen molar-refractivity contribution in [3.05, 3.63) is 0 Å². The van der Waals surface area contributed by atoms with E-state index in [9.17, 15) is 0 Å². The molecule has 2 nitrogen and oxygen atoms in total. The molecule has 0 amide bonds. The van der Waals surface area contributed by atoms with Gasteiger partial charge in [-0.15, -0.1) is 0 Å². The van der Waals surface area contributed by atoms with Crippen LogP contribution in [-0.2, 0) is 0 Å². The largest absolute Gasteiger partial charge is 0.324 e. The van der Waals surface area contributed by atoms with Crippen molar-refractivity contribution in [1.29, 1.82) is 0 Å². The Morgan fingerprint density at radius 3 is 2.69 bits per heavy atom. The minimum absolute atomic E-state index is 0.0986. The van der Waals surface area contributed by atoms with Gasteiger partial charge in [0, 0.05) is 12.1 Å². The summed E-state index contributed by atoms with van der Waals surface area (Å²) < 4.78 is 0. The van der Waals surface area contributed by atoms with Crippen molar-refractivity contribution >= 4 is 0 Å². The Morgan fingerprint density at radius 1 is 1.38 bits per heavy atom. The van der Waals surface area contributed by atoms with Gasteiger partial charge in [-0.2, -0.15) is 0 Å². The Bertz CT molecular complexity index is 193. The Hall–Kier alpha value is -0.0800. The smallest absolute Gasteiger partial charge is 0.0285 e. The van der Waals surface area contributed by atoms with Crippen LogP contribution < -0.4 is 5.73 Å². The highest BCUT2D eigenvalue weighted by molar-refractivity contribution is 4.92. The normalized spacial score (nSPS) is 30.9. The summed E-state index contributed by atoms with van der Waals surface area (Å²) in [4.78, 5) is 2.54. The molecule has 0 aliphatic heterocycles. The van der Waals surface area contributed by atoms with Gasteiger partial charge in [-0.05, 0) is 38.3 Å². The highest BCUT2D eigenvalue weighted by Gasteiger charge is 2.32. The molecule has 1 rings (SSSR count). The van der Waals surface area contributed by atoms with Gasteiger partial charge in [-0.1, -0.05) is 40.0 Å². The quantitative estimate of drug-likeness (QED) is 0.754. The van der Waals surface area contributed by atoms with Crippen molar-refractivity contribution in [2.45, 2.75) is 64.8 Å². The number of likely N-dealkylation sites (N-methyl/N-ethyl adjacent to an activating group) is 1. The average Bonchev–Trinajstić information content (AvgIpc) is 2.23. The van der Waals surface area contributed by atoms with Crippen LogP contribution in [0.3, 0.4) is 0 Å². The zero-order chi connectivity index (χ0) is 12.0.